The Kier molecular flexibility index (Phi) is 8.09. The predicted octanol–water partition coefficient (Wildman–Crippen LogP) is 7.66. The maximum Gasteiger partial charge on any atom is 0.573 e. The number of halogens is 7. The Bertz CT molecular complexity index is 1100. The monoisotopic (exact) mass is 521 g/mol. The Morgan fingerprint density at radius 1 is 0.886 bits per heavy atom. The number of hydrogen-bond acceptors (Lipinski definition) is 3. The highest BCUT2D eigenvalue weighted by atomic mass is 35.5. The number of aromatic amines is 2. The second kappa shape index (κ2) is 10.7. The van der Waals surface area contributed by atoms with E-state index in [9.17, 15) is 26.3 Å². The van der Waals surface area contributed by atoms with Gasteiger partial charge in [-0.25, -0.2) is 0 Å². The Balaban J connectivity index is 0.00000342. The molecular weight excluding hydrogens is 500 g/mol. The number of aliphatic imine (C=N–C) groups is 1. The summed E-state index contributed by atoms with van der Waals surface area (Å²) in [5, 5.41) is 0. The fourth-order valence-corrected chi connectivity index (χ4v) is 3.84. The average molecular weight is 522 g/mol. The molecule has 0 radical (unpaired) electrons. The van der Waals surface area contributed by atoms with Gasteiger partial charge in [0.2, 0.25) is 0 Å². The van der Waals surface area contributed by atoms with Crippen molar-refractivity contribution in [1.82, 2.24) is 9.97 Å². The lowest BCUT2D eigenvalue weighted by Gasteiger charge is -2.27. The molecule has 0 spiro atoms. The lowest BCUT2D eigenvalue weighted by atomic mass is 9.86. The maximum absolute atomic E-state index is 12.9. The molecule has 190 valence electrons. The largest absolute Gasteiger partial charge is 0.573 e. The van der Waals surface area contributed by atoms with Crippen molar-refractivity contribution in [1.29, 1.82) is 0 Å². The normalized spacial score (nSPS) is 18.9. The van der Waals surface area contributed by atoms with Gasteiger partial charge in [-0.3, -0.25) is 4.99 Å². The van der Waals surface area contributed by atoms with E-state index in [4.69, 9.17) is 4.74 Å². The van der Waals surface area contributed by atoms with Crippen LogP contribution < -0.4 is 9.47 Å². The van der Waals surface area contributed by atoms with E-state index in [0.29, 0.717) is 30.0 Å². The summed E-state index contributed by atoms with van der Waals surface area (Å²) in [6.45, 7) is 0. The molecule has 3 aromatic rings. The molecule has 2 N–H and O–H groups in total. The first-order valence-corrected chi connectivity index (χ1v) is 10.6. The molecule has 0 amide bonds. The zero-order valence-corrected chi connectivity index (χ0v) is 18.9. The van der Waals surface area contributed by atoms with Crippen LogP contribution in [0.5, 0.6) is 17.2 Å². The third kappa shape index (κ3) is 7.20. The van der Waals surface area contributed by atoms with Crippen molar-refractivity contribution >= 4 is 18.6 Å². The molecule has 1 aliphatic carbocycles. The quantitative estimate of drug-likeness (QED) is 0.258. The van der Waals surface area contributed by atoms with E-state index in [-0.39, 0.29) is 42.8 Å². The van der Waals surface area contributed by atoms with E-state index in [1.807, 2.05) is 12.1 Å². The van der Waals surface area contributed by atoms with Gasteiger partial charge in [-0.1, -0.05) is 0 Å². The fourth-order valence-electron chi connectivity index (χ4n) is 3.84. The zero-order valence-electron chi connectivity index (χ0n) is 18.1. The molecule has 5 nitrogen and oxygen atoms in total. The second-order valence-electron chi connectivity index (χ2n) is 7.99. The first-order valence-electron chi connectivity index (χ1n) is 10.6. The highest BCUT2D eigenvalue weighted by Gasteiger charge is 2.41. The summed E-state index contributed by atoms with van der Waals surface area (Å²) in [4.78, 5) is 10.7. The van der Waals surface area contributed by atoms with Crippen LogP contribution in [-0.4, -0.2) is 34.8 Å². The molecular formula is C23H22ClF6N3O2. The Hall–Kier alpha value is -3.08. The summed E-state index contributed by atoms with van der Waals surface area (Å²) in [7, 11) is 0. The maximum atomic E-state index is 12.9. The Morgan fingerprint density at radius 3 is 2.11 bits per heavy atom. The van der Waals surface area contributed by atoms with Crippen LogP contribution in [0.2, 0.25) is 0 Å². The number of nitrogens with one attached hydrogen (secondary N) is 2. The van der Waals surface area contributed by atoms with E-state index in [2.05, 4.69) is 19.7 Å². The highest BCUT2D eigenvalue weighted by molar-refractivity contribution is 5.85. The molecule has 0 saturated heterocycles. The first-order chi connectivity index (χ1) is 16.1. The van der Waals surface area contributed by atoms with E-state index >= 15 is 0 Å². The summed E-state index contributed by atoms with van der Waals surface area (Å²) >= 11 is 0. The number of hydrogen-bond donors (Lipinski definition) is 2. The van der Waals surface area contributed by atoms with Crippen molar-refractivity contribution in [2.45, 2.75) is 44.3 Å². The fraction of sp³-hybridized carbons (Fsp3) is 0.348. The molecule has 1 fully saturated rings. The number of rotatable bonds is 6. The van der Waals surface area contributed by atoms with Crippen molar-refractivity contribution < 1.29 is 35.8 Å². The van der Waals surface area contributed by atoms with E-state index in [1.165, 1.54) is 18.3 Å². The summed E-state index contributed by atoms with van der Waals surface area (Å²) in [5.41, 5.74) is 1.93. The van der Waals surface area contributed by atoms with E-state index < -0.39 is 18.5 Å². The minimum atomic E-state index is -4.79. The molecule has 2 heterocycles. The number of H-pyrrole nitrogens is 2. The van der Waals surface area contributed by atoms with Crippen LogP contribution in [0.25, 0.3) is 11.4 Å². The third-order valence-corrected chi connectivity index (χ3v) is 5.56. The van der Waals surface area contributed by atoms with Crippen molar-refractivity contribution in [3.63, 3.8) is 0 Å². The molecule has 12 heteroatoms. The standard InChI is InChI=1S/C23H21F6N3O2.ClH/c24-22(25,26)14-3-5-15(6-4-14)31-13-20-21(12-19(32-20)18-2-1-11-30-18)33-16-7-9-17(10-8-16)34-23(27,28)29;/h1-2,7-15,30,32H,3-6H2;1H. The zero-order chi connectivity index (χ0) is 24.3. The van der Waals surface area contributed by atoms with Gasteiger partial charge < -0.3 is 19.4 Å². The Morgan fingerprint density at radius 2 is 1.54 bits per heavy atom. The summed E-state index contributed by atoms with van der Waals surface area (Å²) in [6, 6.07) is 10.0. The van der Waals surface area contributed by atoms with Crippen molar-refractivity contribution in [2.24, 2.45) is 10.9 Å². The van der Waals surface area contributed by atoms with Crippen molar-refractivity contribution in [2.75, 3.05) is 0 Å². The van der Waals surface area contributed by atoms with Gasteiger partial charge in [-0.15, -0.1) is 25.6 Å². The Labute approximate surface area is 203 Å². The number of benzene rings is 1. The molecule has 2 aromatic heterocycles. The number of aromatic nitrogens is 2. The van der Waals surface area contributed by atoms with Gasteiger partial charge in [-0.05, 0) is 62.1 Å². The summed E-state index contributed by atoms with van der Waals surface area (Å²) in [6.07, 6.45) is -4.95. The molecule has 0 unspecified atom stereocenters. The van der Waals surface area contributed by atoms with E-state index in [1.54, 1.807) is 12.3 Å². The summed E-state index contributed by atoms with van der Waals surface area (Å²) in [5.74, 6) is -1.03. The first kappa shape index (κ1) is 26.5. The van der Waals surface area contributed by atoms with Crippen molar-refractivity contribution in [3.8, 4) is 28.6 Å². The van der Waals surface area contributed by atoms with Crippen LogP contribution in [-0.2, 0) is 0 Å². The van der Waals surface area contributed by atoms with Crippen LogP contribution in [0.15, 0.2) is 53.7 Å². The molecule has 1 aliphatic rings. The topological polar surface area (TPSA) is 62.4 Å². The predicted molar refractivity (Wildman–Crippen MR) is 120 cm³/mol. The smallest absolute Gasteiger partial charge is 0.455 e. The van der Waals surface area contributed by atoms with Gasteiger partial charge in [0.15, 0.2) is 5.75 Å². The van der Waals surface area contributed by atoms with Gasteiger partial charge >= 0.3 is 12.5 Å². The molecule has 35 heavy (non-hydrogen) atoms. The summed E-state index contributed by atoms with van der Waals surface area (Å²) < 4.78 is 85.5. The van der Waals surface area contributed by atoms with Gasteiger partial charge in [0.1, 0.15) is 17.2 Å². The molecule has 1 aromatic carbocycles. The molecule has 0 aliphatic heterocycles. The van der Waals surface area contributed by atoms with Crippen molar-refractivity contribution in [3.05, 3.63) is 54.4 Å². The van der Waals surface area contributed by atoms with Gasteiger partial charge in [-0.2, -0.15) is 13.2 Å². The van der Waals surface area contributed by atoms with E-state index in [0.717, 1.165) is 17.8 Å². The van der Waals surface area contributed by atoms with Gasteiger partial charge in [0.25, 0.3) is 0 Å². The number of ether oxygens (including phenoxy) is 2. The second-order valence-corrected chi connectivity index (χ2v) is 7.99. The minimum absolute atomic E-state index is 0. The van der Waals surface area contributed by atoms with Crippen LogP contribution >= 0.6 is 12.4 Å². The van der Waals surface area contributed by atoms with Crippen LogP contribution in [0.1, 0.15) is 31.4 Å². The highest BCUT2D eigenvalue weighted by Crippen LogP contribution is 2.38. The number of alkyl halides is 6. The average Bonchev–Trinajstić information content (AvgIpc) is 3.42. The number of nitrogens with zero attached hydrogens (tertiary/aromatic N) is 1. The van der Waals surface area contributed by atoms with Crippen LogP contribution in [0.3, 0.4) is 0 Å². The molecule has 4 rings (SSSR count). The van der Waals surface area contributed by atoms with Gasteiger partial charge in [0, 0.05) is 18.5 Å². The SMILES string of the molecule is Cl.FC(F)(F)Oc1ccc(Oc2cc(-c3ccc[nH]3)[nH]c2C=NC2CCC(C(F)(F)F)CC2)cc1. The third-order valence-electron chi connectivity index (χ3n) is 5.56. The molecule has 0 bridgehead atoms. The lowest BCUT2D eigenvalue weighted by molar-refractivity contribution is -0.274. The molecule has 1 saturated carbocycles. The van der Waals surface area contributed by atoms with Crippen LogP contribution in [0.4, 0.5) is 26.3 Å². The van der Waals surface area contributed by atoms with Crippen LogP contribution in [0, 0.1) is 5.92 Å². The van der Waals surface area contributed by atoms with Gasteiger partial charge in [0.05, 0.1) is 23.3 Å². The lowest BCUT2D eigenvalue weighted by Crippen LogP contribution is -2.29. The molecule has 0 atom stereocenters. The minimum Gasteiger partial charge on any atom is -0.455 e.